The highest BCUT2D eigenvalue weighted by atomic mass is 16.5. The van der Waals surface area contributed by atoms with Crippen molar-refractivity contribution >= 4 is 17.0 Å². The van der Waals surface area contributed by atoms with Crippen LogP contribution < -0.4 is 9.47 Å². The van der Waals surface area contributed by atoms with Crippen LogP contribution >= 0.6 is 0 Å². The van der Waals surface area contributed by atoms with E-state index in [1.165, 1.54) is 12.1 Å². The lowest BCUT2D eigenvalue weighted by Crippen LogP contribution is -2.07. The average molecular weight is 544 g/mol. The van der Waals surface area contributed by atoms with Gasteiger partial charge in [-0.1, -0.05) is 5.16 Å². The number of carbonyl (C=O) groups is 1. The Labute approximate surface area is 232 Å². The molecule has 0 spiro atoms. The van der Waals surface area contributed by atoms with Gasteiger partial charge in [0.05, 0.1) is 41.2 Å². The predicted molar refractivity (Wildman–Crippen MR) is 152 cm³/mol. The molecule has 4 aromatic heterocycles. The van der Waals surface area contributed by atoms with Crippen molar-refractivity contribution in [3.05, 3.63) is 59.5 Å². The third-order valence-electron chi connectivity index (χ3n) is 6.83. The second-order valence-electron chi connectivity index (χ2n) is 9.90. The Morgan fingerprint density at radius 1 is 1.00 bits per heavy atom. The maximum absolute atomic E-state index is 11.9. The van der Waals surface area contributed by atoms with Crippen LogP contribution in [-0.2, 0) is 0 Å². The Bertz CT molecular complexity index is 1680. The SMILES string of the molecule is CCOc1cc(C(=O)O)cc(OCC)c1-n1cc(-c2cn(C(C)C)nc2C)c2ncc(-c3c(C)noc3C)cc21. The van der Waals surface area contributed by atoms with Crippen LogP contribution in [0.4, 0.5) is 0 Å². The van der Waals surface area contributed by atoms with Gasteiger partial charge in [0, 0.05) is 46.9 Å². The molecule has 0 unspecified atom stereocenters. The van der Waals surface area contributed by atoms with E-state index in [1.54, 1.807) is 0 Å². The third-order valence-corrected chi connectivity index (χ3v) is 6.83. The second-order valence-corrected chi connectivity index (χ2v) is 9.90. The predicted octanol–water partition coefficient (Wildman–Crippen LogP) is 6.55. The van der Waals surface area contributed by atoms with Gasteiger partial charge in [-0.3, -0.25) is 9.67 Å². The van der Waals surface area contributed by atoms with Crippen LogP contribution in [-0.4, -0.2) is 48.8 Å². The fourth-order valence-corrected chi connectivity index (χ4v) is 5.00. The molecule has 40 heavy (non-hydrogen) atoms. The highest BCUT2D eigenvalue weighted by Crippen LogP contribution is 2.42. The molecular formula is C30H33N5O5. The number of carboxylic acid groups (broad SMARTS) is 1. The van der Waals surface area contributed by atoms with Crippen LogP contribution in [0.2, 0.25) is 0 Å². The molecule has 0 aliphatic heterocycles. The number of nitrogens with zero attached hydrogens (tertiary/aromatic N) is 5. The Hall–Kier alpha value is -4.60. The van der Waals surface area contributed by atoms with Crippen molar-refractivity contribution in [3.8, 4) is 39.4 Å². The number of hydrogen-bond acceptors (Lipinski definition) is 7. The molecule has 0 bridgehead atoms. The summed E-state index contributed by atoms with van der Waals surface area (Å²) in [6, 6.07) is 5.29. The molecular weight excluding hydrogens is 510 g/mol. The number of aromatic carboxylic acids is 1. The number of aryl methyl sites for hydroxylation is 3. The molecule has 0 radical (unpaired) electrons. The number of fused-ring (bicyclic) bond motifs is 1. The molecule has 10 heteroatoms. The summed E-state index contributed by atoms with van der Waals surface area (Å²) in [5, 5.41) is 18.6. The first kappa shape index (κ1) is 27.0. The molecule has 5 aromatic rings. The highest BCUT2D eigenvalue weighted by Gasteiger charge is 2.25. The van der Waals surface area contributed by atoms with Gasteiger partial charge >= 0.3 is 5.97 Å². The Morgan fingerprint density at radius 2 is 1.68 bits per heavy atom. The minimum absolute atomic E-state index is 0.0796. The Kier molecular flexibility index (Phi) is 7.10. The zero-order valence-corrected chi connectivity index (χ0v) is 23.8. The van der Waals surface area contributed by atoms with Crippen molar-refractivity contribution in [1.82, 2.24) is 24.5 Å². The van der Waals surface area contributed by atoms with Crippen molar-refractivity contribution < 1.29 is 23.9 Å². The summed E-state index contributed by atoms with van der Waals surface area (Å²) >= 11 is 0. The Morgan fingerprint density at radius 3 is 2.20 bits per heavy atom. The van der Waals surface area contributed by atoms with Crippen molar-refractivity contribution in [3.63, 3.8) is 0 Å². The molecule has 0 saturated heterocycles. The van der Waals surface area contributed by atoms with E-state index in [1.807, 2.05) is 68.5 Å². The molecule has 10 nitrogen and oxygen atoms in total. The van der Waals surface area contributed by atoms with E-state index >= 15 is 0 Å². The normalized spacial score (nSPS) is 11.5. The van der Waals surface area contributed by atoms with E-state index in [0.29, 0.717) is 36.2 Å². The molecule has 1 N–H and O–H groups in total. The van der Waals surface area contributed by atoms with Crippen LogP contribution in [0.15, 0.2) is 41.3 Å². The zero-order valence-electron chi connectivity index (χ0n) is 23.8. The molecule has 0 saturated carbocycles. The molecule has 4 heterocycles. The lowest BCUT2D eigenvalue weighted by Gasteiger charge is -2.18. The van der Waals surface area contributed by atoms with Crippen molar-refractivity contribution in [2.45, 2.75) is 54.5 Å². The van der Waals surface area contributed by atoms with Crippen molar-refractivity contribution in [1.29, 1.82) is 0 Å². The summed E-state index contributed by atoms with van der Waals surface area (Å²) in [6.45, 7) is 14.3. The third kappa shape index (κ3) is 4.59. The average Bonchev–Trinajstić information content (AvgIpc) is 3.58. The van der Waals surface area contributed by atoms with E-state index in [4.69, 9.17) is 24.1 Å². The standard InChI is InChI=1S/C30H33N5O5/c1-8-38-25-11-20(30(36)37)12-26(39-9-2)29(25)34-14-23(22-15-35(16(3)4)32-17(22)5)28-24(34)10-21(13-31-28)27-18(6)33-40-19(27)7/h10-16H,8-9H2,1-7H3,(H,36,37). The molecule has 0 fully saturated rings. The largest absolute Gasteiger partial charge is 0.492 e. The summed E-state index contributed by atoms with van der Waals surface area (Å²) in [5.41, 5.74) is 7.43. The number of benzene rings is 1. The number of carboxylic acids is 1. The smallest absolute Gasteiger partial charge is 0.335 e. The van der Waals surface area contributed by atoms with Gasteiger partial charge in [-0.05, 0) is 66.7 Å². The minimum Gasteiger partial charge on any atom is -0.492 e. The van der Waals surface area contributed by atoms with Gasteiger partial charge in [0.15, 0.2) is 0 Å². The maximum atomic E-state index is 11.9. The zero-order chi connectivity index (χ0) is 28.7. The summed E-state index contributed by atoms with van der Waals surface area (Å²) in [7, 11) is 0. The fourth-order valence-electron chi connectivity index (χ4n) is 5.00. The molecule has 0 amide bonds. The first-order valence-electron chi connectivity index (χ1n) is 13.3. The number of rotatable bonds is 9. The quantitative estimate of drug-likeness (QED) is 0.222. The van der Waals surface area contributed by atoms with Gasteiger partial charge in [0.1, 0.15) is 22.9 Å². The summed E-state index contributed by atoms with van der Waals surface area (Å²) < 4.78 is 21.4. The number of ether oxygens (including phenoxy) is 2. The summed E-state index contributed by atoms with van der Waals surface area (Å²) in [4.78, 5) is 16.9. The van der Waals surface area contributed by atoms with Crippen LogP contribution in [0.3, 0.4) is 0 Å². The lowest BCUT2D eigenvalue weighted by molar-refractivity contribution is 0.0695. The van der Waals surface area contributed by atoms with Crippen LogP contribution in [0.5, 0.6) is 11.5 Å². The monoisotopic (exact) mass is 543 g/mol. The fraction of sp³-hybridized carbons (Fsp3) is 0.333. The van der Waals surface area contributed by atoms with Crippen molar-refractivity contribution in [2.75, 3.05) is 13.2 Å². The first-order valence-corrected chi connectivity index (χ1v) is 13.3. The van der Waals surface area contributed by atoms with Crippen LogP contribution in [0.1, 0.15) is 61.2 Å². The van der Waals surface area contributed by atoms with Gasteiger partial charge in [-0.15, -0.1) is 0 Å². The highest BCUT2D eigenvalue weighted by molar-refractivity contribution is 5.97. The van der Waals surface area contributed by atoms with E-state index in [0.717, 1.165) is 44.7 Å². The first-order chi connectivity index (χ1) is 19.1. The lowest BCUT2D eigenvalue weighted by atomic mass is 10.0. The van der Waals surface area contributed by atoms with E-state index < -0.39 is 5.97 Å². The van der Waals surface area contributed by atoms with Gasteiger partial charge in [-0.2, -0.15) is 5.10 Å². The van der Waals surface area contributed by atoms with Gasteiger partial charge in [0.25, 0.3) is 0 Å². The number of pyridine rings is 1. The molecule has 5 rings (SSSR count). The second kappa shape index (κ2) is 10.5. The van der Waals surface area contributed by atoms with Crippen LogP contribution in [0, 0.1) is 20.8 Å². The summed E-state index contributed by atoms with van der Waals surface area (Å²) in [5.74, 6) is 0.422. The van der Waals surface area contributed by atoms with E-state index in [-0.39, 0.29) is 11.6 Å². The van der Waals surface area contributed by atoms with E-state index in [2.05, 4.69) is 19.0 Å². The molecule has 0 aliphatic rings. The molecule has 208 valence electrons. The minimum atomic E-state index is -1.06. The van der Waals surface area contributed by atoms with E-state index in [9.17, 15) is 9.90 Å². The van der Waals surface area contributed by atoms with Crippen molar-refractivity contribution in [2.24, 2.45) is 0 Å². The maximum Gasteiger partial charge on any atom is 0.335 e. The van der Waals surface area contributed by atoms with Gasteiger partial charge in [0.2, 0.25) is 0 Å². The van der Waals surface area contributed by atoms with Gasteiger partial charge in [-0.25, -0.2) is 4.79 Å². The topological polar surface area (TPSA) is 117 Å². The molecule has 1 aromatic carbocycles. The number of aromatic nitrogens is 5. The van der Waals surface area contributed by atoms with Crippen LogP contribution in [0.25, 0.3) is 39.0 Å². The molecule has 0 aliphatic carbocycles. The Balaban J connectivity index is 1.87. The number of hydrogen-bond donors (Lipinski definition) is 1. The summed E-state index contributed by atoms with van der Waals surface area (Å²) in [6.07, 6.45) is 5.85. The van der Waals surface area contributed by atoms with Gasteiger partial charge < -0.3 is 23.7 Å². The molecule has 0 atom stereocenters.